The van der Waals surface area contributed by atoms with Crippen LogP contribution in [-0.4, -0.2) is 5.78 Å². The second-order valence-corrected chi connectivity index (χ2v) is 6.07. The van der Waals surface area contributed by atoms with Crippen molar-refractivity contribution in [2.75, 3.05) is 0 Å². The van der Waals surface area contributed by atoms with Crippen molar-refractivity contribution in [3.8, 4) is 0 Å². The Balaban J connectivity index is 1.91. The molecule has 5 heteroatoms. The number of thiophene rings is 1. The van der Waals surface area contributed by atoms with Crippen LogP contribution in [0.2, 0.25) is 5.02 Å². The van der Waals surface area contributed by atoms with Crippen LogP contribution < -0.4 is 0 Å². The zero-order chi connectivity index (χ0) is 15.0. The summed E-state index contributed by atoms with van der Waals surface area (Å²) in [6.07, 6.45) is 0.0197. The molecule has 21 heavy (non-hydrogen) atoms. The van der Waals surface area contributed by atoms with Gasteiger partial charge >= 0.3 is 0 Å². The van der Waals surface area contributed by atoms with Gasteiger partial charge in [-0.25, -0.2) is 8.78 Å². The maximum Gasteiger partial charge on any atom is 0.177 e. The first-order chi connectivity index (χ1) is 10.0. The van der Waals surface area contributed by atoms with Crippen LogP contribution in [0.15, 0.2) is 42.5 Å². The highest BCUT2D eigenvalue weighted by Gasteiger charge is 2.14. The number of benzene rings is 2. The number of carbonyl (C=O) groups excluding carboxylic acids is 1. The molecule has 0 bridgehead atoms. The molecule has 0 saturated carbocycles. The van der Waals surface area contributed by atoms with Crippen molar-refractivity contribution in [2.45, 2.75) is 6.42 Å². The largest absolute Gasteiger partial charge is 0.293 e. The number of hydrogen-bond donors (Lipinski definition) is 0. The molecule has 0 saturated heterocycles. The highest BCUT2D eigenvalue weighted by Crippen LogP contribution is 2.28. The van der Waals surface area contributed by atoms with Crippen molar-refractivity contribution in [1.29, 1.82) is 0 Å². The summed E-state index contributed by atoms with van der Waals surface area (Å²) in [7, 11) is 0. The van der Waals surface area contributed by atoms with Crippen molar-refractivity contribution >= 4 is 38.8 Å². The predicted molar refractivity (Wildman–Crippen MR) is 81.2 cm³/mol. The monoisotopic (exact) mass is 322 g/mol. The minimum Gasteiger partial charge on any atom is -0.293 e. The lowest BCUT2D eigenvalue weighted by Crippen LogP contribution is -2.02. The van der Waals surface area contributed by atoms with Gasteiger partial charge in [0.25, 0.3) is 0 Å². The van der Waals surface area contributed by atoms with Gasteiger partial charge in [0.1, 0.15) is 11.6 Å². The van der Waals surface area contributed by atoms with Crippen molar-refractivity contribution in [2.24, 2.45) is 0 Å². The average molecular weight is 323 g/mol. The normalized spacial score (nSPS) is 11.0. The molecule has 0 unspecified atom stereocenters. The Labute approximate surface area is 128 Å². The van der Waals surface area contributed by atoms with E-state index in [0.29, 0.717) is 15.1 Å². The summed E-state index contributed by atoms with van der Waals surface area (Å²) in [5, 5.41) is 0.785. The number of ketones is 1. The molecule has 0 radical (unpaired) electrons. The van der Waals surface area contributed by atoms with Crippen molar-refractivity contribution in [1.82, 2.24) is 0 Å². The summed E-state index contributed by atoms with van der Waals surface area (Å²) in [6.45, 7) is 0. The van der Waals surface area contributed by atoms with Crippen LogP contribution in [0.25, 0.3) is 10.1 Å². The molecule has 0 atom stereocenters. The Kier molecular flexibility index (Phi) is 3.74. The maximum absolute atomic E-state index is 13.4. The first-order valence-electron chi connectivity index (χ1n) is 6.20. The lowest BCUT2D eigenvalue weighted by atomic mass is 10.1. The van der Waals surface area contributed by atoms with E-state index in [9.17, 15) is 13.6 Å². The van der Waals surface area contributed by atoms with E-state index in [2.05, 4.69) is 0 Å². The Morgan fingerprint density at radius 1 is 1.14 bits per heavy atom. The molecule has 2 aromatic carbocycles. The molecule has 1 aromatic heterocycles. The van der Waals surface area contributed by atoms with E-state index in [1.165, 1.54) is 35.6 Å². The lowest BCUT2D eigenvalue weighted by molar-refractivity contribution is 0.0997. The van der Waals surface area contributed by atoms with Gasteiger partial charge in [0, 0.05) is 11.1 Å². The molecule has 0 aliphatic heterocycles. The van der Waals surface area contributed by atoms with Gasteiger partial charge in [-0.15, -0.1) is 11.3 Å². The SMILES string of the molecule is O=C(Cc1cccc(F)c1Cl)c1cc2ccc(F)cc2s1. The van der Waals surface area contributed by atoms with E-state index in [1.807, 2.05) is 0 Å². The van der Waals surface area contributed by atoms with E-state index in [0.717, 1.165) is 5.39 Å². The smallest absolute Gasteiger partial charge is 0.177 e. The van der Waals surface area contributed by atoms with Crippen molar-refractivity contribution in [3.05, 3.63) is 69.6 Å². The van der Waals surface area contributed by atoms with E-state index in [-0.39, 0.29) is 23.0 Å². The maximum atomic E-state index is 13.4. The van der Waals surface area contributed by atoms with Crippen LogP contribution in [0, 0.1) is 11.6 Å². The summed E-state index contributed by atoms with van der Waals surface area (Å²) in [6, 6.07) is 10.5. The van der Waals surface area contributed by atoms with E-state index in [1.54, 1.807) is 18.2 Å². The number of rotatable bonds is 3. The van der Waals surface area contributed by atoms with Crippen molar-refractivity contribution < 1.29 is 13.6 Å². The summed E-state index contributed by atoms with van der Waals surface area (Å²) in [5.41, 5.74) is 0.449. The molecule has 0 N–H and O–H groups in total. The number of halogens is 3. The van der Waals surface area contributed by atoms with Gasteiger partial charge in [-0.1, -0.05) is 29.8 Å². The lowest BCUT2D eigenvalue weighted by Gasteiger charge is -2.03. The molecular formula is C16H9ClF2OS. The highest BCUT2D eigenvalue weighted by molar-refractivity contribution is 7.20. The Bertz CT molecular complexity index is 841. The molecule has 0 aliphatic rings. The summed E-state index contributed by atoms with van der Waals surface area (Å²) in [4.78, 5) is 12.8. The minimum atomic E-state index is -0.541. The molecule has 0 amide bonds. The quantitative estimate of drug-likeness (QED) is 0.601. The molecule has 1 nitrogen and oxygen atoms in total. The fourth-order valence-electron chi connectivity index (χ4n) is 2.09. The fourth-order valence-corrected chi connectivity index (χ4v) is 3.31. The van der Waals surface area contributed by atoms with Gasteiger partial charge in [-0.2, -0.15) is 0 Å². The first kappa shape index (κ1) is 14.2. The van der Waals surface area contributed by atoms with Gasteiger partial charge in [-0.05, 0) is 35.2 Å². The topological polar surface area (TPSA) is 17.1 Å². The van der Waals surface area contributed by atoms with Crippen LogP contribution in [0.5, 0.6) is 0 Å². The highest BCUT2D eigenvalue weighted by atomic mass is 35.5. The zero-order valence-corrected chi connectivity index (χ0v) is 12.3. The molecule has 0 aliphatic carbocycles. The standard InChI is InChI=1S/C16H9ClF2OS/c17-16-10(2-1-3-12(16)19)6-13(20)15-7-9-4-5-11(18)8-14(9)21-15/h1-5,7-8H,6H2. The molecule has 106 valence electrons. The molecule has 1 heterocycles. The molecule has 3 rings (SSSR count). The average Bonchev–Trinajstić information content (AvgIpc) is 2.87. The fraction of sp³-hybridized carbons (Fsp3) is 0.0625. The Morgan fingerprint density at radius 2 is 1.95 bits per heavy atom. The number of Topliss-reactive ketones (excluding diaryl/α,β-unsaturated/α-hetero) is 1. The van der Waals surface area contributed by atoms with Crippen LogP contribution in [0.4, 0.5) is 8.78 Å². The van der Waals surface area contributed by atoms with Gasteiger partial charge < -0.3 is 0 Å². The third-order valence-corrected chi connectivity index (χ3v) is 4.70. The van der Waals surface area contributed by atoms with Gasteiger partial charge in [0.2, 0.25) is 0 Å². The Hall–Kier alpha value is -1.78. The number of hydrogen-bond acceptors (Lipinski definition) is 2. The van der Waals surface area contributed by atoms with Crippen LogP contribution in [0.1, 0.15) is 15.2 Å². The molecule has 0 fully saturated rings. The molecular weight excluding hydrogens is 314 g/mol. The summed E-state index contributed by atoms with van der Waals surface area (Å²) in [5.74, 6) is -1.04. The summed E-state index contributed by atoms with van der Waals surface area (Å²) < 4.78 is 27.2. The van der Waals surface area contributed by atoms with Gasteiger partial charge in [-0.3, -0.25) is 4.79 Å². The third-order valence-electron chi connectivity index (χ3n) is 3.14. The third kappa shape index (κ3) is 2.82. The number of fused-ring (bicyclic) bond motifs is 1. The molecule has 0 spiro atoms. The van der Waals surface area contributed by atoms with E-state index < -0.39 is 5.82 Å². The van der Waals surface area contributed by atoms with E-state index >= 15 is 0 Å². The number of carbonyl (C=O) groups is 1. The minimum absolute atomic E-state index is 0.0197. The van der Waals surface area contributed by atoms with Gasteiger partial charge in [0.05, 0.1) is 9.90 Å². The van der Waals surface area contributed by atoms with E-state index in [4.69, 9.17) is 11.6 Å². The van der Waals surface area contributed by atoms with Crippen LogP contribution >= 0.6 is 22.9 Å². The van der Waals surface area contributed by atoms with Crippen molar-refractivity contribution in [3.63, 3.8) is 0 Å². The molecule has 3 aromatic rings. The first-order valence-corrected chi connectivity index (χ1v) is 7.39. The van der Waals surface area contributed by atoms with Crippen LogP contribution in [-0.2, 0) is 6.42 Å². The summed E-state index contributed by atoms with van der Waals surface area (Å²) >= 11 is 7.07. The second-order valence-electron chi connectivity index (χ2n) is 4.61. The second kappa shape index (κ2) is 5.54. The zero-order valence-electron chi connectivity index (χ0n) is 10.7. The predicted octanol–water partition coefficient (Wildman–Crippen LogP) is 5.26. The van der Waals surface area contributed by atoms with Gasteiger partial charge in [0.15, 0.2) is 5.78 Å². The van der Waals surface area contributed by atoms with Crippen LogP contribution in [0.3, 0.4) is 0 Å². The Morgan fingerprint density at radius 3 is 2.76 bits per heavy atom.